The fourth-order valence-electron chi connectivity index (χ4n) is 1.83. The number of thioether (sulfide) groups is 1. The maximum atomic E-state index is 11.8. The van der Waals surface area contributed by atoms with Crippen LogP contribution in [0.15, 0.2) is 53.6 Å². The third-order valence-electron chi connectivity index (χ3n) is 2.83. The second-order valence-corrected chi connectivity index (χ2v) is 5.64. The van der Waals surface area contributed by atoms with Gasteiger partial charge in [0.1, 0.15) is 5.69 Å². The number of amides is 1. The van der Waals surface area contributed by atoms with Crippen molar-refractivity contribution in [2.75, 3.05) is 12.3 Å². The van der Waals surface area contributed by atoms with Crippen molar-refractivity contribution in [3.05, 3.63) is 59.9 Å². The molecule has 0 spiro atoms. The molecule has 0 aliphatic rings. The van der Waals surface area contributed by atoms with E-state index in [4.69, 9.17) is 0 Å². The molecule has 0 fully saturated rings. The number of aromatic nitrogens is 1. The molecule has 0 aliphatic carbocycles. The van der Waals surface area contributed by atoms with Crippen molar-refractivity contribution < 1.29 is 4.79 Å². The molecule has 0 aliphatic heterocycles. The highest BCUT2D eigenvalue weighted by Crippen LogP contribution is 2.17. The predicted molar refractivity (Wildman–Crippen MR) is 83.1 cm³/mol. The van der Waals surface area contributed by atoms with Crippen LogP contribution in [-0.2, 0) is 6.42 Å². The van der Waals surface area contributed by atoms with E-state index in [-0.39, 0.29) is 5.91 Å². The highest BCUT2D eigenvalue weighted by atomic mass is 32.2. The van der Waals surface area contributed by atoms with Crippen LogP contribution in [0.25, 0.3) is 0 Å². The van der Waals surface area contributed by atoms with Gasteiger partial charge >= 0.3 is 0 Å². The van der Waals surface area contributed by atoms with Crippen molar-refractivity contribution in [2.45, 2.75) is 18.2 Å². The van der Waals surface area contributed by atoms with E-state index in [0.717, 1.165) is 12.2 Å². The van der Waals surface area contributed by atoms with Crippen LogP contribution in [0.5, 0.6) is 0 Å². The van der Waals surface area contributed by atoms with Gasteiger partial charge in [-0.15, -0.1) is 11.8 Å². The van der Waals surface area contributed by atoms with Crippen molar-refractivity contribution in [3.8, 4) is 0 Å². The van der Waals surface area contributed by atoms with Gasteiger partial charge in [0.15, 0.2) is 0 Å². The summed E-state index contributed by atoms with van der Waals surface area (Å²) in [5, 5.41) is 2.88. The summed E-state index contributed by atoms with van der Waals surface area (Å²) < 4.78 is 0. The second-order valence-electron chi connectivity index (χ2n) is 4.30. The molecule has 0 saturated carbocycles. The fraction of sp³-hybridized carbons (Fsp3) is 0.250. The Hall–Kier alpha value is -1.81. The molecule has 1 N–H and O–H groups in total. The van der Waals surface area contributed by atoms with Crippen molar-refractivity contribution in [2.24, 2.45) is 0 Å². The summed E-state index contributed by atoms with van der Waals surface area (Å²) in [5.41, 5.74) is 1.69. The second kappa shape index (κ2) is 7.70. The summed E-state index contributed by atoms with van der Waals surface area (Å²) in [5.74, 6) is 0.961. The maximum Gasteiger partial charge on any atom is 0.269 e. The molecule has 104 valence electrons. The number of carbonyl (C=O) groups excluding carboxylic acids is 1. The lowest BCUT2D eigenvalue weighted by molar-refractivity contribution is 0.0949. The van der Waals surface area contributed by atoms with Gasteiger partial charge in [0.2, 0.25) is 0 Å². The summed E-state index contributed by atoms with van der Waals surface area (Å²) in [6.07, 6.45) is 2.45. The molecular weight excluding hydrogens is 268 g/mol. The van der Waals surface area contributed by atoms with Crippen LogP contribution >= 0.6 is 11.8 Å². The average molecular weight is 286 g/mol. The normalized spacial score (nSPS) is 10.2. The van der Waals surface area contributed by atoms with Crippen molar-refractivity contribution >= 4 is 17.7 Å². The molecule has 4 heteroatoms. The molecular formula is C16H18N2OS. The quantitative estimate of drug-likeness (QED) is 0.829. The highest BCUT2D eigenvalue weighted by molar-refractivity contribution is 7.99. The van der Waals surface area contributed by atoms with E-state index in [1.54, 1.807) is 18.3 Å². The zero-order valence-corrected chi connectivity index (χ0v) is 12.3. The van der Waals surface area contributed by atoms with Crippen molar-refractivity contribution in [1.82, 2.24) is 10.3 Å². The summed E-state index contributed by atoms with van der Waals surface area (Å²) in [4.78, 5) is 17.1. The van der Waals surface area contributed by atoms with Gasteiger partial charge in [-0.1, -0.05) is 25.1 Å². The van der Waals surface area contributed by atoms with E-state index in [1.807, 2.05) is 17.8 Å². The first-order chi connectivity index (χ1) is 9.79. The van der Waals surface area contributed by atoms with Crippen LogP contribution in [-0.4, -0.2) is 23.2 Å². The molecule has 0 atom stereocenters. The molecule has 2 rings (SSSR count). The zero-order valence-electron chi connectivity index (χ0n) is 11.5. The largest absolute Gasteiger partial charge is 0.350 e. The molecule has 0 unspecified atom stereocenters. The molecule has 1 aromatic heterocycles. The van der Waals surface area contributed by atoms with Gasteiger partial charge in [-0.25, -0.2) is 0 Å². The van der Waals surface area contributed by atoms with E-state index in [1.165, 1.54) is 10.5 Å². The SMILES string of the molecule is CCSc1ccc(CCNC(=O)c2ccccn2)cc1. The Bertz CT molecular complexity index is 540. The van der Waals surface area contributed by atoms with Gasteiger partial charge in [0.25, 0.3) is 5.91 Å². The highest BCUT2D eigenvalue weighted by Gasteiger charge is 2.04. The molecule has 2 aromatic rings. The number of nitrogens with zero attached hydrogens (tertiary/aromatic N) is 1. The summed E-state index contributed by atoms with van der Waals surface area (Å²) in [6.45, 7) is 2.77. The third-order valence-corrected chi connectivity index (χ3v) is 3.73. The maximum absolute atomic E-state index is 11.8. The van der Waals surface area contributed by atoms with E-state index < -0.39 is 0 Å². The van der Waals surface area contributed by atoms with Crippen molar-refractivity contribution in [1.29, 1.82) is 0 Å². The fourth-order valence-corrected chi connectivity index (χ4v) is 2.49. The standard InChI is InChI=1S/C16H18N2OS/c1-2-20-14-8-6-13(7-9-14)10-12-18-16(19)15-5-3-4-11-17-15/h3-9,11H,2,10,12H2,1H3,(H,18,19). The number of carbonyl (C=O) groups is 1. The Labute approximate surface area is 123 Å². The Kier molecular flexibility index (Phi) is 5.62. The smallest absolute Gasteiger partial charge is 0.269 e. The lowest BCUT2D eigenvalue weighted by Crippen LogP contribution is -2.26. The molecule has 1 heterocycles. The molecule has 0 bridgehead atoms. The van der Waals surface area contributed by atoms with E-state index in [9.17, 15) is 4.79 Å². The molecule has 3 nitrogen and oxygen atoms in total. The molecule has 1 aromatic carbocycles. The monoisotopic (exact) mass is 286 g/mol. The van der Waals surface area contributed by atoms with Gasteiger partial charge in [0, 0.05) is 17.6 Å². The lowest BCUT2D eigenvalue weighted by Gasteiger charge is -2.05. The molecule has 0 saturated heterocycles. The van der Waals surface area contributed by atoms with Crippen LogP contribution in [0.3, 0.4) is 0 Å². The Morgan fingerprint density at radius 2 is 2.00 bits per heavy atom. The molecule has 20 heavy (non-hydrogen) atoms. The molecule has 1 amide bonds. The van der Waals surface area contributed by atoms with Crippen LogP contribution in [0.4, 0.5) is 0 Å². The van der Waals surface area contributed by atoms with E-state index in [0.29, 0.717) is 12.2 Å². The number of hydrogen-bond acceptors (Lipinski definition) is 3. The van der Waals surface area contributed by atoms with Crippen LogP contribution < -0.4 is 5.32 Å². The van der Waals surface area contributed by atoms with E-state index in [2.05, 4.69) is 41.5 Å². The number of hydrogen-bond donors (Lipinski definition) is 1. The number of rotatable bonds is 6. The summed E-state index contributed by atoms with van der Waals surface area (Å²) >= 11 is 1.83. The number of benzene rings is 1. The minimum Gasteiger partial charge on any atom is -0.350 e. The number of nitrogens with one attached hydrogen (secondary N) is 1. The van der Waals surface area contributed by atoms with Gasteiger partial charge in [-0.05, 0) is 42.0 Å². The Morgan fingerprint density at radius 1 is 1.20 bits per heavy atom. The Balaban J connectivity index is 1.79. The first kappa shape index (κ1) is 14.6. The van der Waals surface area contributed by atoms with Gasteiger partial charge < -0.3 is 5.32 Å². The first-order valence-electron chi connectivity index (χ1n) is 6.70. The average Bonchev–Trinajstić information content (AvgIpc) is 2.50. The van der Waals surface area contributed by atoms with Gasteiger partial charge in [0.05, 0.1) is 0 Å². The minimum atomic E-state index is -0.122. The summed E-state index contributed by atoms with van der Waals surface area (Å²) in [6, 6.07) is 13.8. The Morgan fingerprint density at radius 3 is 2.65 bits per heavy atom. The van der Waals surface area contributed by atoms with Crippen LogP contribution in [0, 0.1) is 0 Å². The summed E-state index contributed by atoms with van der Waals surface area (Å²) in [7, 11) is 0. The third kappa shape index (κ3) is 4.38. The lowest BCUT2D eigenvalue weighted by atomic mass is 10.1. The number of pyridine rings is 1. The van der Waals surface area contributed by atoms with Gasteiger partial charge in [-0.2, -0.15) is 0 Å². The van der Waals surface area contributed by atoms with Crippen molar-refractivity contribution in [3.63, 3.8) is 0 Å². The minimum absolute atomic E-state index is 0.122. The topological polar surface area (TPSA) is 42.0 Å². The van der Waals surface area contributed by atoms with Crippen LogP contribution in [0.2, 0.25) is 0 Å². The van der Waals surface area contributed by atoms with Crippen LogP contribution in [0.1, 0.15) is 23.0 Å². The molecule has 0 radical (unpaired) electrons. The first-order valence-corrected chi connectivity index (χ1v) is 7.69. The zero-order chi connectivity index (χ0) is 14.2. The predicted octanol–water partition coefficient (Wildman–Crippen LogP) is 3.17. The van der Waals surface area contributed by atoms with Gasteiger partial charge in [-0.3, -0.25) is 9.78 Å². The van der Waals surface area contributed by atoms with E-state index >= 15 is 0 Å².